The number of rotatable bonds is 8. The van der Waals surface area contributed by atoms with E-state index in [1.165, 1.54) is 14.1 Å². The highest BCUT2D eigenvalue weighted by Gasteiger charge is 2.40. The van der Waals surface area contributed by atoms with Gasteiger partial charge in [0.1, 0.15) is 11.4 Å². The third-order valence-corrected chi connectivity index (χ3v) is 11.0. The number of hydrogen-bond acceptors (Lipinski definition) is 5. The summed E-state index contributed by atoms with van der Waals surface area (Å²) in [4.78, 5) is 48.3. The number of amides is 1. The molecule has 0 spiro atoms. The number of benzene rings is 5. The van der Waals surface area contributed by atoms with Crippen LogP contribution in [-0.2, 0) is 27.6 Å². The number of aromatic hydroxyl groups is 1. The lowest BCUT2D eigenvalue weighted by Crippen LogP contribution is -2.45. The first-order valence-corrected chi connectivity index (χ1v) is 18.4. The van der Waals surface area contributed by atoms with Gasteiger partial charge in [-0.25, -0.2) is 4.79 Å². The van der Waals surface area contributed by atoms with E-state index in [4.69, 9.17) is 4.99 Å². The number of aliphatic imine (C=N–C) groups is 1. The molecule has 0 saturated heterocycles. The molecule has 10 heteroatoms. The van der Waals surface area contributed by atoms with Crippen LogP contribution in [0.1, 0.15) is 50.1 Å². The van der Waals surface area contributed by atoms with Crippen LogP contribution in [0.5, 0.6) is 5.88 Å². The van der Waals surface area contributed by atoms with E-state index in [0.717, 1.165) is 53.2 Å². The zero-order valence-electron chi connectivity index (χ0n) is 31.2. The van der Waals surface area contributed by atoms with Gasteiger partial charge in [0.2, 0.25) is 5.88 Å². The van der Waals surface area contributed by atoms with E-state index in [0.29, 0.717) is 24.2 Å². The molecule has 10 nitrogen and oxygen atoms in total. The van der Waals surface area contributed by atoms with Crippen molar-refractivity contribution in [2.75, 3.05) is 18.4 Å². The SMILES string of the molecule is Cc1ccc(NC(=NC[C@@H]2c3ccccc3C(=O)N(CCc3ccccc3)[C@H]2c2ccc3c(c2)c2ccccc2n3C)c2c(O)n(C)c(=O)n(C)c2=O)cc1. The molecule has 8 rings (SSSR count). The van der Waals surface area contributed by atoms with Crippen molar-refractivity contribution >= 4 is 39.2 Å². The monoisotopic (exact) mass is 730 g/mol. The van der Waals surface area contributed by atoms with E-state index in [1.807, 2.05) is 90.7 Å². The summed E-state index contributed by atoms with van der Waals surface area (Å²) in [6, 6.07) is 39.8. The van der Waals surface area contributed by atoms with Crippen molar-refractivity contribution in [3.8, 4) is 5.88 Å². The summed E-state index contributed by atoms with van der Waals surface area (Å²) in [5, 5.41) is 16.8. The normalized spacial score (nSPS) is 15.8. The van der Waals surface area contributed by atoms with Crippen LogP contribution in [0, 0.1) is 6.92 Å². The fourth-order valence-corrected chi connectivity index (χ4v) is 7.98. The molecule has 2 atom stereocenters. The third kappa shape index (κ3) is 6.29. The van der Waals surface area contributed by atoms with E-state index >= 15 is 0 Å². The van der Waals surface area contributed by atoms with Crippen LogP contribution in [0.4, 0.5) is 5.69 Å². The maximum absolute atomic E-state index is 14.6. The van der Waals surface area contributed by atoms with Crippen molar-refractivity contribution in [2.24, 2.45) is 26.1 Å². The number of aryl methyl sites for hydroxylation is 2. The van der Waals surface area contributed by atoms with Crippen LogP contribution in [-0.4, -0.2) is 48.5 Å². The second-order valence-corrected chi connectivity index (χ2v) is 14.3. The summed E-state index contributed by atoms with van der Waals surface area (Å²) in [7, 11) is 4.86. The van der Waals surface area contributed by atoms with Crippen molar-refractivity contribution in [1.82, 2.24) is 18.6 Å². The average Bonchev–Trinajstić information content (AvgIpc) is 3.50. The van der Waals surface area contributed by atoms with E-state index in [2.05, 4.69) is 59.4 Å². The summed E-state index contributed by atoms with van der Waals surface area (Å²) < 4.78 is 4.18. The number of hydrogen-bond donors (Lipinski definition) is 2. The predicted octanol–water partition coefficient (Wildman–Crippen LogP) is 6.83. The Balaban J connectivity index is 1.32. The molecule has 0 saturated carbocycles. The second kappa shape index (κ2) is 14.3. The number of fused-ring (bicyclic) bond motifs is 4. The molecule has 0 aliphatic carbocycles. The van der Waals surface area contributed by atoms with Gasteiger partial charge in [-0.15, -0.1) is 0 Å². The molecule has 55 heavy (non-hydrogen) atoms. The average molecular weight is 731 g/mol. The smallest absolute Gasteiger partial charge is 0.333 e. The first-order valence-electron chi connectivity index (χ1n) is 18.4. The highest BCUT2D eigenvalue weighted by atomic mass is 16.3. The minimum Gasteiger partial charge on any atom is -0.494 e. The van der Waals surface area contributed by atoms with Gasteiger partial charge < -0.3 is 19.9 Å². The lowest BCUT2D eigenvalue weighted by molar-refractivity contribution is 0.0614. The zero-order valence-corrected chi connectivity index (χ0v) is 31.2. The Kier molecular flexibility index (Phi) is 9.18. The first-order chi connectivity index (χ1) is 26.6. The molecular weight excluding hydrogens is 689 g/mol. The van der Waals surface area contributed by atoms with Gasteiger partial charge in [-0.2, -0.15) is 0 Å². The fraction of sp³-hybridized carbons (Fsp3) is 0.200. The van der Waals surface area contributed by atoms with Gasteiger partial charge in [-0.1, -0.05) is 90.5 Å². The van der Waals surface area contributed by atoms with Crippen LogP contribution in [0.3, 0.4) is 0 Å². The summed E-state index contributed by atoms with van der Waals surface area (Å²) >= 11 is 0. The first kappa shape index (κ1) is 35.4. The molecule has 1 amide bonds. The van der Waals surface area contributed by atoms with E-state index in [1.54, 1.807) is 0 Å². The Bertz CT molecular complexity index is 2740. The topological polar surface area (TPSA) is 114 Å². The number of amidine groups is 1. The van der Waals surface area contributed by atoms with Gasteiger partial charge in [0.05, 0.1) is 12.6 Å². The molecule has 5 aromatic carbocycles. The third-order valence-electron chi connectivity index (χ3n) is 11.0. The Labute approximate surface area is 318 Å². The van der Waals surface area contributed by atoms with Gasteiger partial charge in [0, 0.05) is 66.7 Å². The molecule has 2 N–H and O–H groups in total. The number of anilines is 1. The van der Waals surface area contributed by atoms with E-state index in [9.17, 15) is 19.5 Å². The molecule has 0 bridgehead atoms. The van der Waals surface area contributed by atoms with Gasteiger partial charge in [-0.3, -0.25) is 23.7 Å². The number of carbonyl (C=O) groups excluding carboxylic acids is 1. The lowest BCUT2D eigenvalue weighted by Gasteiger charge is -2.42. The van der Waals surface area contributed by atoms with Crippen molar-refractivity contribution in [3.63, 3.8) is 0 Å². The minimum absolute atomic E-state index is 0.0580. The van der Waals surface area contributed by atoms with Gasteiger partial charge in [0.15, 0.2) is 0 Å². The van der Waals surface area contributed by atoms with Crippen molar-refractivity contribution in [1.29, 1.82) is 0 Å². The Morgan fingerprint density at radius 1 is 0.745 bits per heavy atom. The Morgan fingerprint density at radius 3 is 2.22 bits per heavy atom. The maximum Gasteiger partial charge on any atom is 0.333 e. The summed E-state index contributed by atoms with van der Waals surface area (Å²) in [5.74, 6) is -0.790. The van der Waals surface area contributed by atoms with Crippen molar-refractivity contribution in [3.05, 3.63) is 176 Å². The van der Waals surface area contributed by atoms with Crippen molar-refractivity contribution < 1.29 is 9.90 Å². The molecular formula is C45H42N6O4. The standard InChI is InChI=1S/C45H42N6O4/c1-28-18-21-31(22-19-28)47-41(39-43(53)49(3)45(55)50(4)44(39)54)46-27-36-32-14-8-9-16-34(32)42(52)51(25-24-29-12-6-5-7-13-29)40(36)30-20-23-38-35(26-30)33-15-10-11-17-37(33)48(38)2/h5-23,26,36,40,53H,24-25,27H2,1-4H3,(H,46,47)/t36-,40+/m1/s1. The van der Waals surface area contributed by atoms with Crippen LogP contribution in [0.25, 0.3) is 21.8 Å². The zero-order chi connectivity index (χ0) is 38.4. The molecule has 276 valence electrons. The fourth-order valence-electron chi connectivity index (χ4n) is 7.98. The van der Waals surface area contributed by atoms with Crippen molar-refractivity contribution in [2.45, 2.75) is 25.3 Å². The lowest BCUT2D eigenvalue weighted by atomic mass is 9.79. The number of para-hydroxylation sites is 1. The molecule has 7 aromatic rings. The molecule has 2 aromatic heterocycles. The number of nitrogens with one attached hydrogen (secondary N) is 1. The van der Waals surface area contributed by atoms with Gasteiger partial charge in [-0.05, 0) is 66.4 Å². The quantitative estimate of drug-likeness (QED) is 0.132. The molecule has 1 aliphatic rings. The second-order valence-electron chi connectivity index (χ2n) is 14.3. The number of aromatic nitrogens is 3. The molecule has 0 unspecified atom stereocenters. The molecule has 3 heterocycles. The number of carbonyl (C=O) groups is 1. The number of nitrogens with zero attached hydrogens (tertiary/aromatic N) is 5. The largest absolute Gasteiger partial charge is 0.494 e. The maximum atomic E-state index is 14.6. The highest BCUT2D eigenvalue weighted by molar-refractivity contribution is 6.10. The molecule has 0 radical (unpaired) electrons. The Morgan fingerprint density at radius 2 is 1.44 bits per heavy atom. The predicted molar refractivity (Wildman–Crippen MR) is 218 cm³/mol. The van der Waals surface area contributed by atoms with E-state index < -0.39 is 23.2 Å². The summed E-state index contributed by atoms with van der Waals surface area (Å²) in [5.41, 5.74) is 5.99. The van der Waals surface area contributed by atoms with Crippen LogP contribution in [0.2, 0.25) is 0 Å². The Hall–Kier alpha value is -6.68. The van der Waals surface area contributed by atoms with E-state index in [-0.39, 0.29) is 29.8 Å². The van der Waals surface area contributed by atoms with Crippen LogP contribution < -0.4 is 16.6 Å². The van der Waals surface area contributed by atoms with Crippen LogP contribution in [0.15, 0.2) is 136 Å². The van der Waals surface area contributed by atoms with Gasteiger partial charge >= 0.3 is 5.69 Å². The van der Waals surface area contributed by atoms with Crippen LogP contribution >= 0.6 is 0 Å². The molecule has 0 fully saturated rings. The summed E-state index contributed by atoms with van der Waals surface area (Å²) in [6.07, 6.45) is 0.653. The highest BCUT2D eigenvalue weighted by Crippen LogP contribution is 2.44. The van der Waals surface area contributed by atoms with Gasteiger partial charge in [0.25, 0.3) is 11.5 Å². The molecule has 1 aliphatic heterocycles. The summed E-state index contributed by atoms with van der Waals surface area (Å²) in [6.45, 7) is 2.59. The minimum atomic E-state index is -0.680.